The number of ether oxygens (including phenoxy) is 2. The molecule has 1 saturated heterocycles. The van der Waals surface area contributed by atoms with Gasteiger partial charge in [-0.15, -0.1) is 11.3 Å². The maximum atomic E-state index is 12.7. The molecule has 3 rings (SSSR count). The number of thiophene rings is 1. The van der Waals surface area contributed by atoms with Crippen molar-refractivity contribution >= 4 is 23.2 Å². The largest absolute Gasteiger partial charge is 0.387 e. The molecular formula is C18H26N4O4S. The van der Waals surface area contributed by atoms with E-state index in [2.05, 4.69) is 10.4 Å². The first-order valence-electron chi connectivity index (χ1n) is 9.06. The third kappa shape index (κ3) is 5.52. The summed E-state index contributed by atoms with van der Waals surface area (Å²) in [6, 6.07) is 5.19. The Morgan fingerprint density at radius 1 is 1.56 bits per heavy atom. The van der Waals surface area contributed by atoms with Crippen molar-refractivity contribution in [3.63, 3.8) is 0 Å². The van der Waals surface area contributed by atoms with Crippen LogP contribution in [-0.2, 0) is 16.0 Å². The van der Waals surface area contributed by atoms with Crippen molar-refractivity contribution in [3.8, 4) is 0 Å². The number of aliphatic hydroxyl groups excluding tert-OH is 1. The van der Waals surface area contributed by atoms with Gasteiger partial charge in [-0.05, 0) is 17.9 Å². The Balaban J connectivity index is 1.56. The van der Waals surface area contributed by atoms with Crippen LogP contribution in [0.5, 0.6) is 0 Å². The lowest BCUT2D eigenvalue weighted by atomic mass is 10.1. The Labute approximate surface area is 162 Å². The molecule has 2 atom stereocenters. The molecule has 148 valence electrons. The van der Waals surface area contributed by atoms with E-state index in [1.165, 1.54) is 11.3 Å². The summed E-state index contributed by atoms with van der Waals surface area (Å²) >= 11 is 1.51. The molecule has 9 heteroatoms. The number of methoxy groups -OCH3 is 1. The molecule has 0 aliphatic carbocycles. The van der Waals surface area contributed by atoms with Crippen LogP contribution in [0.25, 0.3) is 0 Å². The molecule has 2 aromatic heterocycles. The monoisotopic (exact) mass is 394 g/mol. The molecule has 1 fully saturated rings. The van der Waals surface area contributed by atoms with Gasteiger partial charge in [0.25, 0.3) is 0 Å². The van der Waals surface area contributed by atoms with E-state index in [0.29, 0.717) is 38.6 Å². The van der Waals surface area contributed by atoms with E-state index in [-0.39, 0.29) is 12.1 Å². The van der Waals surface area contributed by atoms with E-state index in [9.17, 15) is 9.90 Å². The quantitative estimate of drug-likeness (QED) is 0.671. The summed E-state index contributed by atoms with van der Waals surface area (Å²) in [5.41, 5.74) is 0. The summed E-state index contributed by atoms with van der Waals surface area (Å²) in [6.07, 6.45) is 2.53. The number of aromatic nitrogens is 2. The lowest BCUT2D eigenvalue weighted by Gasteiger charge is -2.36. The SMILES string of the molecule is COCCCn1ccc(NC(=O)N2CCOCC2CC(O)c2cccs2)n1. The van der Waals surface area contributed by atoms with E-state index < -0.39 is 6.10 Å². The first-order chi connectivity index (χ1) is 13.2. The summed E-state index contributed by atoms with van der Waals surface area (Å²) in [6.45, 7) is 2.80. The van der Waals surface area contributed by atoms with E-state index in [1.807, 2.05) is 23.7 Å². The number of nitrogens with one attached hydrogen (secondary N) is 1. The first kappa shape index (κ1) is 19.8. The predicted molar refractivity (Wildman–Crippen MR) is 103 cm³/mol. The average Bonchev–Trinajstić information content (AvgIpc) is 3.34. The number of anilines is 1. The minimum Gasteiger partial charge on any atom is -0.387 e. The second-order valence-electron chi connectivity index (χ2n) is 6.43. The Morgan fingerprint density at radius 3 is 3.22 bits per heavy atom. The second kappa shape index (κ2) is 9.84. The molecule has 2 aromatic rings. The zero-order valence-electron chi connectivity index (χ0n) is 15.4. The van der Waals surface area contributed by atoms with Crippen molar-refractivity contribution in [1.82, 2.24) is 14.7 Å². The summed E-state index contributed by atoms with van der Waals surface area (Å²) < 4.78 is 12.3. The molecule has 2 amide bonds. The summed E-state index contributed by atoms with van der Waals surface area (Å²) in [4.78, 5) is 15.4. The third-order valence-electron chi connectivity index (χ3n) is 4.47. The minimum absolute atomic E-state index is 0.181. The number of hydrogen-bond acceptors (Lipinski definition) is 6. The first-order valence-corrected chi connectivity index (χ1v) is 9.94. The van der Waals surface area contributed by atoms with Crippen LogP contribution in [0.15, 0.2) is 29.8 Å². The molecule has 2 unspecified atom stereocenters. The molecule has 3 heterocycles. The van der Waals surface area contributed by atoms with Crippen molar-refractivity contribution in [3.05, 3.63) is 34.7 Å². The van der Waals surface area contributed by atoms with Crippen molar-refractivity contribution in [1.29, 1.82) is 0 Å². The van der Waals surface area contributed by atoms with Gasteiger partial charge >= 0.3 is 6.03 Å². The van der Waals surface area contributed by atoms with Crippen LogP contribution in [0, 0.1) is 0 Å². The van der Waals surface area contributed by atoms with Crippen LogP contribution in [-0.4, -0.2) is 65.3 Å². The zero-order valence-corrected chi connectivity index (χ0v) is 16.2. The normalized spacial score (nSPS) is 18.4. The Bertz CT molecular complexity index is 706. The number of amides is 2. The van der Waals surface area contributed by atoms with E-state index >= 15 is 0 Å². The number of nitrogens with zero attached hydrogens (tertiary/aromatic N) is 3. The molecule has 0 bridgehead atoms. The maximum absolute atomic E-state index is 12.7. The van der Waals surface area contributed by atoms with Crippen LogP contribution in [0.1, 0.15) is 23.8 Å². The lowest BCUT2D eigenvalue weighted by Crippen LogP contribution is -2.50. The lowest BCUT2D eigenvalue weighted by molar-refractivity contribution is -0.00384. The molecule has 2 N–H and O–H groups in total. The fourth-order valence-corrected chi connectivity index (χ4v) is 3.80. The van der Waals surface area contributed by atoms with Crippen molar-refractivity contribution in [2.24, 2.45) is 0 Å². The van der Waals surface area contributed by atoms with Gasteiger partial charge in [0.15, 0.2) is 5.82 Å². The van der Waals surface area contributed by atoms with Crippen molar-refractivity contribution in [2.75, 3.05) is 38.8 Å². The Kier molecular flexibility index (Phi) is 7.22. The predicted octanol–water partition coefficient (Wildman–Crippen LogP) is 2.34. The molecule has 27 heavy (non-hydrogen) atoms. The highest BCUT2D eigenvalue weighted by Gasteiger charge is 2.30. The molecule has 0 aromatic carbocycles. The standard InChI is InChI=1S/C18H26N4O4S/c1-25-9-3-6-21-7-5-17(20-21)19-18(24)22-8-10-26-13-14(22)12-15(23)16-4-2-11-27-16/h2,4-5,7,11,14-15,23H,3,6,8-10,12-13H2,1H3,(H,19,20,24). The maximum Gasteiger partial charge on any atom is 0.323 e. The van der Waals surface area contributed by atoms with Gasteiger partial charge in [0.05, 0.1) is 25.4 Å². The molecular weight excluding hydrogens is 368 g/mol. The number of aryl methyl sites for hydroxylation is 1. The molecule has 0 radical (unpaired) electrons. The smallest absolute Gasteiger partial charge is 0.323 e. The van der Waals surface area contributed by atoms with E-state index in [0.717, 1.165) is 17.8 Å². The van der Waals surface area contributed by atoms with Crippen LogP contribution in [0.4, 0.5) is 10.6 Å². The van der Waals surface area contributed by atoms with Crippen molar-refractivity contribution in [2.45, 2.75) is 31.5 Å². The number of hydrogen-bond donors (Lipinski definition) is 2. The van der Waals surface area contributed by atoms with Crippen molar-refractivity contribution < 1.29 is 19.4 Å². The van der Waals surface area contributed by atoms with Gasteiger partial charge in [-0.25, -0.2) is 4.79 Å². The molecule has 0 spiro atoms. The molecule has 1 aliphatic rings. The number of rotatable bonds is 8. The molecule has 1 aliphatic heterocycles. The second-order valence-corrected chi connectivity index (χ2v) is 7.41. The van der Waals surface area contributed by atoms with Crippen LogP contribution < -0.4 is 5.32 Å². The zero-order chi connectivity index (χ0) is 19.1. The van der Waals surface area contributed by atoms with Gasteiger partial charge in [0.2, 0.25) is 0 Å². The van der Waals surface area contributed by atoms with Crippen LogP contribution in [0.2, 0.25) is 0 Å². The number of urea groups is 1. The highest BCUT2D eigenvalue weighted by atomic mass is 32.1. The molecule has 8 nitrogen and oxygen atoms in total. The third-order valence-corrected chi connectivity index (χ3v) is 5.44. The Hall–Kier alpha value is -1.94. The summed E-state index contributed by atoms with van der Waals surface area (Å²) in [5.74, 6) is 0.515. The highest BCUT2D eigenvalue weighted by molar-refractivity contribution is 7.10. The fourth-order valence-electron chi connectivity index (χ4n) is 3.08. The number of aliphatic hydroxyl groups is 1. The van der Waals surface area contributed by atoms with Gasteiger partial charge < -0.3 is 19.5 Å². The van der Waals surface area contributed by atoms with Gasteiger partial charge in [-0.3, -0.25) is 10.00 Å². The van der Waals surface area contributed by atoms with Gasteiger partial charge in [0.1, 0.15) is 0 Å². The van der Waals surface area contributed by atoms with E-state index in [1.54, 1.807) is 22.8 Å². The topological polar surface area (TPSA) is 88.9 Å². The average molecular weight is 394 g/mol. The number of carbonyl (C=O) groups excluding carboxylic acids is 1. The van der Waals surface area contributed by atoms with Crippen LogP contribution in [0.3, 0.4) is 0 Å². The number of morpholine rings is 1. The highest BCUT2D eigenvalue weighted by Crippen LogP contribution is 2.26. The Morgan fingerprint density at radius 2 is 2.44 bits per heavy atom. The minimum atomic E-state index is -0.605. The van der Waals surface area contributed by atoms with Crippen LogP contribution >= 0.6 is 11.3 Å². The van der Waals surface area contributed by atoms with Gasteiger partial charge in [-0.1, -0.05) is 6.07 Å². The fraction of sp³-hybridized carbons (Fsp3) is 0.556. The molecule has 0 saturated carbocycles. The van der Waals surface area contributed by atoms with Gasteiger partial charge in [-0.2, -0.15) is 5.10 Å². The summed E-state index contributed by atoms with van der Waals surface area (Å²) in [7, 11) is 1.67. The summed E-state index contributed by atoms with van der Waals surface area (Å²) in [5, 5.41) is 19.6. The van der Waals surface area contributed by atoms with E-state index in [4.69, 9.17) is 9.47 Å². The van der Waals surface area contributed by atoms with Gasteiger partial charge in [0, 0.05) is 50.4 Å². The number of carbonyl (C=O) groups is 1.